The lowest BCUT2D eigenvalue weighted by atomic mass is 10.1. The van der Waals surface area contributed by atoms with Gasteiger partial charge in [0, 0.05) is 13.0 Å². The van der Waals surface area contributed by atoms with E-state index in [2.05, 4.69) is 5.32 Å². The summed E-state index contributed by atoms with van der Waals surface area (Å²) < 4.78 is 5.19. The number of anilines is 2. The molecule has 18 heavy (non-hydrogen) atoms. The lowest BCUT2D eigenvalue weighted by Gasteiger charge is -2.11. The maximum absolute atomic E-state index is 11.1. The number of nitrogens with two attached hydrogens (primary N) is 1. The number of nitrogens with one attached hydrogen (secondary N) is 1. The van der Waals surface area contributed by atoms with Gasteiger partial charge in [0.2, 0.25) is 0 Å². The van der Waals surface area contributed by atoms with Gasteiger partial charge in [-0.25, -0.2) is 4.79 Å². The van der Waals surface area contributed by atoms with Gasteiger partial charge in [-0.3, -0.25) is 0 Å². The monoisotopic (exact) mass is 246 g/mol. The number of carbonyl (C=O) groups is 1. The summed E-state index contributed by atoms with van der Waals surface area (Å²) in [6.07, 6.45) is 2.27. The minimum absolute atomic E-state index is 0.175. The molecule has 5 nitrogen and oxygen atoms in total. The number of benzene rings is 1. The van der Waals surface area contributed by atoms with Gasteiger partial charge < -0.3 is 20.6 Å². The van der Waals surface area contributed by atoms with Crippen molar-refractivity contribution in [2.75, 3.05) is 17.6 Å². The van der Waals surface area contributed by atoms with E-state index in [1.54, 1.807) is 18.4 Å². The highest BCUT2D eigenvalue weighted by Crippen LogP contribution is 2.23. The zero-order chi connectivity index (χ0) is 13.0. The van der Waals surface area contributed by atoms with Crippen LogP contribution in [0.3, 0.4) is 0 Å². The molecule has 0 aliphatic rings. The number of carboxylic acid groups (broad SMARTS) is 1. The van der Waals surface area contributed by atoms with Crippen molar-refractivity contribution in [3.8, 4) is 0 Å². The van der Waals surface area contributed by atoms with Crippen LogP contribution in [-0.4, -0.2) is 17.6 Å². The van der Waals surface area contributed by atoms with Gasteiger partial charge in [-0.1, -0.05) is 6.07 Å². The van der Waals surface area contributed by atoms with E-state index in [1.165, 1.54) is 6.07 Å². The van der Waals surface area contributed by atoms with Crippen LogP contribution in [0.1, 0.15) is 16.1 Å². The first-order valence-corrected chi connectivity index (χ1v) is 5.56. The fraction of sp³-hybridized carbons (Fsp3) is 0.154. The van der Waals surface area contributed by atoms with Crippen LogP contribution in [0.4, 0.5) is 11.4 Å². The van der Waals surface area contributed by atoms with Gasteiger partial charge in [0.1, 0.15) is 5.76 Å². The molecule has 94 valence electrons. The van der Waals surface area contributed by atoms with Crippen molar-refractivity contribution in [1.82, 2.24) is 0 Å². The lowest BCUT2D eigenvalue weighted by molar-refractivity contribution is 0.0698. The van der Waals surface area contributed by atoms with E-state index in [9.17, 15) is 4.79 Å². The highest BCUT2D eigenvalue weighted by Gasteiger charge is 2.11. The minimum atomic E-state index is -0.997. The number of hydrogen-bond acceptors (Lipinski definition) is 4. The second-order valence-electron chi connectivity index (χ2n) is 3.83. The van der Waals surface area contributed by atoms with Crippen molar-refractivity contribution < 1.29 is 14.3 Å². The van der Waals surface area contributed by atoms with Gasteiger partial charge >= 0.3 is 5.97 Å². The van der Waals surface area contributed by atoms with Crippen LogP contribution >= 0.6 is 0 Å². The molecule has 5 heteroatoms. The molecule has 1 heterocycles. The molecular formula is C13H14N2O3. The smallest absolute Gasteiger partial charge is 0.337 e. The Morgan fingerprint density at radius 2 is 2.17 bits per heavy atom. The number of furan rings is 1. The topological polar surface area (TPSA) is 88.5 Å². The maximum atomic E-state index is 11.1. The van der Waals surface area contributed by atoms with E-state index in [1.807, 2.05) is 12.1 Å². The minimum Gasteiger partial charge on any atom is -0.478 e. The molecule has 4 N–H and O–H groups in total. The van der Waals surface area contributed by atoms with E-state index in [4.69, 9.17) is 15.3 Å². The molecule has 0 saturated heterocycles. The maximum Gasteiger partial charge on any atom is 0.337 e. The van der Waals surface area contributed by atoms with Crippen LogP contribution in [0.2, 0.25) is 0 Å². The molecule has 0 amide bonds. The van der Waals surface area contributed by atoms with Gasteiger partial charge in [-0.2, -0.15) is 0 Å². The van der Waals surface area contributed by atoms with Crippen molar-refractivity contribution in [2.45, 2.75) is 6.42 Å². The Kier molecular flexibility index (Phi) is 3.52. The fourth-order valence-corrected chi connectivity index (χ4v) is 1.71. The van der Waals surface area contributed by atoms with Crippen molar-refractivity contribution in [1.29, 1.82) is 0 Å². The first-order valence-electron chi connectivity index (χ1n) is 5.56. The SMILES string of the molecule is Nc1cccc(C(=O)O)c1NCCc1ccco1. The van der Waals surface area contributed by atoms with E-state index in [-0.39, 0.29) is 5.56 Å². The van der Waals surface area contributed by atoms with Crippen LogP contribution in [-0.2, 0) is 6.42 Å². The van der Waals surface area contributed by atoms with Crippen molar-refractivity contribution in [3.05, 3.63) is 47.9 Å². The van der Waals surface area contributed by atoms with E-state index in [0.29, 0.717) is 24.3 Å². The number of nitrogen functional groups attached to an aromatic ring is 1. The summed E-state index contributed by atoms with van der Waals surface area (Å²) in [5.41, 5.74) is 6.83. The van der Waals surface area contributed by atoms with E-state index < -0.39 is 5.97 Å². The fourth-order valence-electron chi connectivity index (χ4n) is 1.71. The second-order valence-corrected chi connectivity index (χ2v) is 3.83. The Labute approximate surface area is 104 Å². The Morgan fingerprint density at radius 3 is 2.83 bits per heavy atom. The van der Waals surface area contributed by atoms with Crippen LogP contribution in [0.25, 0.3) is 0 Å². The summed E-state index contributed by atoms with van der Waals surface area (Å²) in [7, 11) is 0. The van der Waals surface area contributed by atoms with E-state index >= 15 is 0 Å². The van der Waals surface area contributed by atoms with Gasteiger partial charge in [-0.15, -0.1) is 0 Å². The Morgan fingerprint density at radius 1 is 1.33 bits per heavy atom. The molecule has 0 unspecified atom stereocenters. The molecule has 0 radical (unpaired) electrons. The number of carboxylic acids is 1. The number of para-hydroxylation sites is 1. The highest BCUT2D eigenvalue weighted by molar-refractivity contribution is 5.97. The van der Waals surface area contributed by atoms with Gasteiger partial charge in [0.25, 0.3) is 0 Å². The molecule has 0 bridgehead atoms. The summed E-state index contributed by atoms with van der Waals surface area (Å²) >= 11 is 0. The molecule has 0 spiro atoms. The lowest BCUT2D eigenvalue weighted by Crippen LogP contribution is -2.11. The number of hydrogen-bond donors (Lipinski definition) is 3. The third-order valence-corrected chi connectivity index (χ3v) is 2.58. The summed E-state index contributed by atoms with van der Waals surface area (Å²) in [5.74, 6) is -0.156. The third-order valence-electron chi connectivity index (χ3n) is 2.58. The van der Waals surface area contributed by atoms with E-state index in [0.717, 1.165) is 5.76 Å². The summed E-state index contributed by atoms with van der Waals surface area (Å²) in [6, 6.07) is 8.50. The Bertz CT molecular complexity index is 535. The second kappa shape index (κ2) is 5.27. The van der Waals surface area contributed by atoms with Gasteiger partial charge in [0.15, 0.2) is 0 Å². The number of aromatic carboxylic acids is 1. The molecule has 1 aromatic heterocycles. The van der Waals surface area contributed by atoms with Crippen LogP contribution in [0, 0.1) is 0 Å². The van der Waals surface area contributed by atoms with Crippen molar-refractivity contribution in [2.24, 2.45) is 0 Å². The molecule has 0 aliphatic carbocycles. The molecule has 0 atom stereocenters. The van der Waals surface area contributed by atoms with Gasteiger partial charge in [0.05, 0.1) is 23.2 Å². The standard InChI is InChI=1S/C13H14N2O3/c14-11-5-1-4-10(13(16)17)12(11)15-7-6-9-3-2-8-18-9/h1-5,8,15H,6-7,14H2,(H,16,17). The highest BCUT2D eigenvalue weighted by atomic mass is 16.4. The Balaban J connectivity index is 2.06. The molecule has 2 aromatic rings. The van der Waals surface area contributed by atoms with Crippen LogP contribution < -0.4 is 11.1 Å². The quantitative estimate of drug-likeness (QED) is 0.704. The Hall–Kier alpha value is -2.43. The van der Waals surface area contributed by atoms with Gasteiger partial charge in [-0.05, 0) is 24.3 Å². The summed E-state index contributed by atoms with van der Waals surface area (Å²) in [6.45, 7) is 0.558. The molecule has 1 aromatic carbocycles. The van der Waals surface area contributed by atoms with Crippen LogP contribution in [0.5, 0.6) is 0 Å². The molecule has 0 aliphatic heterocycles. The summed E-state index contributed by atoms with van der Waals surface area (Å²) in [4.78, 5) is 11.1. The average molecular weight is 246 g/mol. The molecule has 0 saturated carbocycles. The predicted molar refractivity (Wildman–Crippen MR) is 68.7 cm³/mol. The normalized spacial score (nSPS) is 10.2. The van der Waals surface area contributed by atoms with Crippen molar-refractivity contribution >= 4 is 17.3 Å². The van der Waals surface area contributed by atoms with Crippen molar-refractivity contribution in [3.63, 3.8) is 0 Å². The first-order chi connectivity index (χ1) is 8.68. The van der Waals surface area contributed by atoms with Crippen LogP contribution in [0.15, 0.2) is 41.0 Å². The zero-order valence-corrected chi connectivity index (χ0v) is 9.72. The summed E-state index contributed by atoms with van der Waals surface area (Å²) in [5, 5.41) is 12.1. The average Bonchev–Trinajstić information content (AvgIpc) is 2.84. The molecule has 0 fully saturated rings. The predicted octanol–water partition coefficient (Wildman–Crippen LogP) is 2.21. The first kappa shape index (κ1) is 12.0. The zero-order valence-electron chi connectivity index (χ0n) is 9.72. The third kappa shape index (κ3) is 2.63. The number of rotatable bonds is 5. The largest absolute Gasteiger partial charge is 0.478 e. The molecule has 2 rings (SSSR count). The molecular weight excluding hydrogens is 232 g/mol.